The van der Waals surface area contributed by atoms with Gasteiger partial charge in [-0.25, -0.2) is 23.4 Å². The molecule has 0 radical (unpaired) electrons. The molecule has 1 N–H and O–H groups in total. The van der Waals surface area contributed by atoms with Crippen molar-refractivity contribution in [2.75, 3.05) is 26.2 Å². The molecule has 2 aliphatic heterocycles. The zero-order valence-corrected chi connectivity index (χ0v) is 21.6. The number of benzene rings is 1. The SMILES string of the molecule is CCN1C[C@H](c2cccc(F)c2F)CC[C@@H](NC(=O)N2CCC(n3c(=O)n(C)c4ncccc43)CC2)C1=O. The van der Waals surface area contributed by atoms with E-state index in [9.17, 15) is 23.2 Å². The fourth-order valence-electron chi connectivity index (χ4n) is 5.78. The number of hydrogen-bond donors (Lipinski definition) is 1. The number of aromatic nitrogens is 3. The normalized spacial score (nSPS) is 21.1. The topological polar surface area (TPSA) is 92.5 Å². The third kappa shape index (κ3) is 4.65. The standard InChI is InChI=1S/C27H32F2N6O3/c1-3-33-16-17(19-6-4-7-20(28)23(19)29)9-10-21(25(33)36)31-26(37)34-14-11-18(12-15-34)35-22-8-5-13-30-24(22)32(2)27(35)38/h4-8,13,17-18,21H,3,9-12,14-16H2,1-2H3,(H,31,37)/t17-,21-/m1/s1. The number of likely N-dealkylation sites (tertiary alicyclic amines) is 2. The Hall–Kier alpha value is -3.76. The predicted octanol–water partition coefficient (Wildman–Crippen LogP) is 3.15. The Balaban J connectivity index is 1.25. The second kappa shape index (κ2) is 10.5. The van der Waals surface area contributed by atoms with Gasteiger partial charge in [-0.3, -0.25) is 13.9 Å². The zero-order chi connectivity index (χ0) is 27.0. The summed E-state index contributed by atoms with van der Waals surface area (Å²) in [5.41, 5.74) is 1.52. The highest BCUT2D eigenvalue weighted by molar-refractivity contribution is 5.87. The molecule has 0 unspecified atom stereocenters. The number of fused-ring (bicyclic) bond motifs is 1. The quantitative estimate of drug-likeness (QED) is 0.566. The van der Waals surface area contributed by atoms with E-state index < -0.39 is 17.7 Å². The molecule has 0 bridgehead atoms. The number of carbonyl (C=O) groups is 2. The fourth-order valence-corrected chi connectivity index (χ4v) is 5.78. The van der Waals surface area contributed by atoms with E-state index in [0.717, 1.165) is 11.6 Å². The summed E-state index contributed by atoms with van der Waals surface area (Å²) in [6.07, 6.45) is 3.62. The molecule has 2 saturated heterocycles. The molecule has 2 fully saturated rings. The summed E-state index contributed by atoms with van der Waals surface area (Å²) in [5, 5.41) is 2.89. The number of amides is 3. The first kappa shape index (κ1) is 25.9. The van der Waals surface area contributed by atoms with Crippen molar-refractivity contribution in [1.82, 2.24) is 29.2 Å². The van der Waals surface area contributed by atoms with Crippen LogP contribution < -0.4 is 11.0 Å². The average molecular weight is 527 g/mol. The lowest BCUT2D eigenvalue weighted by Crippen LogP contribution is -2.53. The van der Waals surface area contributed by atoms with Crippen molar-refractivity contribution in [1.29, 1.82) is 0 Å². The number of halogens is 2. The molecule has 0 spiro atoms. The van der Waals surface area contributed by atoms with Crippen LogP contribution >= 0.6 is 0 Å². The maximum Gasteiger partial charge on any atom is 0.330 e. The Labute approximate surface area is 219 Å². The van der Waals surface area contributed by atoms with Crippen molar-refractivity contribution < 1.29 is 18.4 Å². The van der Waals surface area contributed by atoms with E-state index in [1.165, 1.54) is 10.6 Å². The number of rotatable bonds is 4. The van der Waals surface area contributed by atoms with Gasteiger partial charge in [0.15, 0.2) is 17.3 Å². The van der Waals surface area contributed by atoms with E-state index in [2.05, 4.69) is 10.3 Å². The van der Waals surface area contributed by atoms with Gasteiger partial charge in [0.05, 0.1) is 5.52 Å². The van der Waals surface area contributed by atoms with Gasteiger partial charge in [0.1, 0.15) is 6.04 Å². The van der Waals surface area contributed by atoms with Crippen molar-refractivity contribution in [3.05, 3.63) is 64.2 Å². The summed E-state index contributed by atoms with van der Waals surface area (Å²) in [6, 6.07) is 6.66. The minimum Gasteiger partial charge on any atom is -0.341 e. The minimum absolute atomic E-state index is 0.0588. The molecule has 11 heteroatoms. The molecule has 5 rings (SSSR count). The largest absolute Gasteiger partial charge is 0.341 e. The van der Waals surface area contributed by atoms with Gasteiger partial charge in [0.25, 0.3) is 0 Å². The number of piperidine rings is 1. The van der Waals surface area contributed by atoms with Crippen molar-refractivity contribution in [3.8, 4) is 0 Å². The number of hydrogen-bond acceptors (Lipinski definition) is 4. The van der Waals surface area contributed by atoms with Crippen LogP contribution in [-0.4, -0.2) is 68.1 Å². The van der Waals surface area contributed by atoms with Crippen LogP contribution in [0.1, 0.15) is 50.1 Å². The molecule has 0 saturated carbocycles. The lowest BCUT2D eigenvalue weighted by molar-refractivity contribution is -0.132. The molecule has 38 heavy (non-hydrogen) atoms. The average Bonchev–Trinajstić information content (AvgIpc) is 3.08. The number of pyridine rings is 1. The van der Waals surface area contributed by atoms with E-state index in [1.54, 1.807) is 39.7 Å². The highest BCUT2D eigenvalue weighted by atomic mass is 19.2. The summed E-state index contributed by atoms with van der Waals surface area (Å²) >= 11 is 0. The van der Waals surface area contributed by atoms with Gasteiger partial charge in [-0.2, -0.15) is 0 Å². The van der Waals surface area contributed by atoms with Gasteiger partial charge >= 0.3 is 11.7 Å². The van der Waals surface area contributed by atoms with Gasteiger partial charge in [-0.1, -0.05) is 12.1 Å². The molecule has 2 atom stereocenters. The highest BCUT2D eigenvalue weighted by Crippen LogP contribution is 2.30. The zero-order valence-electron chi connectivity index (χ0n) is 21.6. The Morgan fingerprint density at radius 1 is 1.08 bits per heavy atom. The maximum absolute atomic E-state index is 14.5. The van der Waals surface area contributed by atoms with E-state index in [4.69, 9.17) is 0 Å². The number of nitrogens with zero attached hydrogens (tertiary/aromatic N) is 5. The molecule has 0 aliphatic carbocycles. The van der Waals surface area contributed by atoms with Gasteiger partial charge in [-0.05, 0) is 56.4 Å². The van der Waals surface area contributed by atoms with E-state index in [1.807, 2.05) is 13.0 Å². The van der Waals surface area contributed by atoms with Crippen molar-refractivity contribution in [2.24, 2.45) is 7.05 Å². The second-order valence-corrected chi connectivity index (χ2v) is 10.1. The molecule has 4 heterocycles. The van der Waals surface area contributed by atoms with Crippen LogP contribution in [0.15, 0.2) is 41.3 Å². The van der Waals surface area contributed by atoms with E-state index in [0.29, 0.717) is 51.0 Å². The van der Waals surface area contributed by atoms with Crippen molar-refractivity contribution >= 4 is 23.1 Å². The van der Waals surface area contributed by atoms with Gasteiger partial charge in [0, 0.05) is 51.4 Å². The summed E-state index contributed by atoms with van der Waals surface area (Å²) in [5.74, 6) is -2.37. The molecule has 202 valence electrons. The van der Waals surface area contributed by atoms with Crippen LogP contribution in [0.2, 0.25) is 0 Å². The lowest BCUT2D eigenvalue weighted by Gasteiger charge is -2.33. The summed E-state index contributed by atoms with van der Waals surface area (Å²) in [7, 11) is 1.70. The highest BCUT2D eigenvalue weighted by Gasteiger charge is 2.35. The summed E-state index contributed by atoms with van der Waals surface area (Å²) in [6.45, 7) is 3.38. The molecule has 1 aromatic carbocycles. The number of imidazole rings is 1. The summed E-state index contributed by atoms with van der Waals surface area (Å²) < 4.78 is 31.6. The number of aryl methyl sites for hydroxylation is 1. The maximum atomic E-state index is 14.5. The lowest BCUT2D eigenvalue weighted by atomic mass is 9.93. The van der Waals surface area contributed by atoms with Crippen LogP contribution in [0.5, 0.6) is 0 Å². The molecule has 2 aromatic heterocycles. The van der Waals surface area contributed by atoms with Crippen molar-refractivity contribution in [2.45, 2.75) is 50.6 Å². The second-order valence-electron chi connectivity index (χ2n) is 10.1. The van der Waals surface area contributed by atoms with Crippen molar-refractivity contribution in [3.63, 3.8) is 0 Å². The molecule has 3 aromatic rings. The number of nitrogens with one attached hydrogen (secondary N) is 1. The number of carbonyl (C=O) groups excluding carboxylic acids is 2. The Morgan fingerprint density at radius 2 is 1.84 bits per heavy atom. The number of urea groups is 1. The van der Waals surface area contributed by atoms with Gasteiger partial charge in [-0.15, -0.1) is 0 Å². The third-order valence-corrected chi connectivity index (χ3v) is 7.91. The first-order chi connectivity index (χ1) is 18.3. The fraction of sp³-hybridized carbons (Fsp3) is 0.481. The van der Waals surface area contributed by atoms with Crippen LogP contribution in [0.25, 0.3) is 11.2 Å². The molecule has 9 nitrogen and oxygen atoms in total. The molecule has 2 aliphatic rings. The van der Waals surface area contributed by atoms with E-state index in [-0.39, 0.29) is 41.7 Å². The molecular weight excluding hydrogens is 494 g/mol. The Bertz CT molecular complexity index is 1410. The first-order valence-corrected chi connectivity index (χ1v) is 13.1. The molecular formula is C27H32F2N6O3. The minimum atomic E-state index is -0.906. The first-order valence-electron chi connectivity index (χ1n) is 13.1. The summed E-state index contributed by atoms with van der Waals surface area (Å²) in [4.78, 5) is 46.8. The van der Waals surface area contributed by atoms with Crippen LogP contribution in [0, 0.1) is 11.6 Å². The Kier molecular flexibility index (Phi) is 7.18. The van der Waals surface area contributed by atoms with Gasteiger partial charge in [0.2, 0.25) is 5.91 Å². The van der Waals surface area contributed by atoms with Crippen LogP contribution in [0.3, 0.4) is 0 Å². The predicted molar refractivity (Wildman–Crippen MR) is 138 cm³/mol. The van der Waals surface area contributed by atoms with Gasteiger partial charge < -0.3 is 15.1 Å². The molecule has 3 amide bonds. The van der Waals surface area contributed by atoms with Crippen LogP contribution in [-0.2, 0) is 11.8 Å². The van der Waals surface area contributed by atoms with Crippen LogP contribution in [0.4, 0.5) is 13.6 Å². The smallest absolute Gasteiger partial charge is 0.330 e. The third-order valence-electron chi connectivity index (χ3n) is 7.91. The number of likely N-dealkylation sites (N-methyl/N-ethyl adjacent to an activating group) is 1. The monoisotopic (exact) mass is 526 g/mol. The van der Waals surface area contributed by atoms with E-state index >= 15 is 0 Å². The Morgan fingerprint density at radius 3 is 2.58 bits per heavy atom.